The van der Waals surface area contributed by atoms with Gasteiger partial charge in [-0.3, -0.25) is 19.4 Å². The normalized spacial score (nSPS) is 19.6. The zero-order chi connectivity index (χ0) is 38.4. The number of carbonyl (C=O) groups is 3. The largest absolute Gasteiger partial charge is 0.491 e. The zero-order valence-corrected chi connectivity index (χ0v) is 29.7. The number of ketones is 1. The van der Waals surface area contributed by atoms with E-state index in [0.717, 1.165) is 29.5 Å². The van der Waals surface area contributed by atoms with Gasteiger partial charge in [-0.2, -0.15) is 26.3 Å². The fourth-order valence-corrected chi connectivity index (χ4v) is 7.57. The highest BCUT2D eigenvalue weighted by Crippen LogP contribution is 2.43. The number of benzene rings is 1. The Hall–Kier alpha value is -4.38. The molecule has 288 valence electrons. The van der Waals surface area contributed by atoms with Gasteiger partial charge in [0, 0.05) is 69.4 Å². The number of anilines is 1. The maximum Gasteiger partial charge on any atom is 0.425 e. The van der Waals surface area contributed by atoms with Crippen molar-refractivity contribution in [3.05, 3.63) is 70.2 Å². The monoisotopic (exact) mass is 770 g/mol. The highest BCUT2D eigenvalue weighted by molar-refractivity contribution is 7.10. The number of hydrogen-bond acceptors (Lipinski definition) is 9. The third-order valence-electron chi connectivity index (χ3n) is 9.37. The Balaban J connectivity index is 1.44. The van der Waals surface area contributed by atoms with E-state index in [9.17, 15) is 40.7 Å². The van der Waals surface area contributed by atoms with Gasteiger partial charge in [-0.15, -0.1) is 11.3 Å². The third kappa shape index (κ3) is 9.05. The molecule has 53 heavy (non-hydrogen) atoms. The lowest BCUT2D eigenvalue weighted by molar-refractivity contribution is -0.159. The summed E-state index contributed by atoms with van der Waals surface area (Å²) in [4.78, 5) is 47.8. The molecular weight excluding hydrogens is 730 g/mol. The van der Waals surface area contributed by atoms with Gasteiger partial charge in [0.15, 0.2) is 5.78 Å². The number of amides is 2. The molecule has 3 aromatic rings. The van der Waals surface area contributed by atoms with E-state index in [0.29, 0.717) is 49.1 Å². The minimum absolute atomic E-state index is 0.00627. The van der Waals surface area contributed by atoms with Crippen LogP contribution in [0, 0.1) is 0 Å². The molecular formula is C36H40F6N4O6S. The van der Waals surface area contributed by atoms with Gasteiger partial charge in [-0.05, 0) is 37.5 Å². The fourth-order valence-electron chi connectivity index (χ4n) is 6.89. The first-order valence-electron chi connectivity index (χ1n) is 17.2. The van der Waals surface area contributed by atoms with Crippen LogP contribution in [0.15, 0.2) is 54.2 Å². The predicted octanol–water partition coefficient (Wildman–Crippen LogP) is 6.47. The second-order valence-electron chi connectivity index (χ2n) is 12.9. The van der Waals surface area contributed by atoms with Crippen LogP contribution in [0.4, 0.5) is 32.0 Å². The van der Waals surface area contributed by atoms with Gasteiger partial charge in [0.05, 0.1) is 29.5 Å². The first kappa shape index (κ1) is 39.8. The van der Waals surface area contributed by atoms with Crippen molar-refractivity contribution >= 4 is 34.6 Å². The molecule has 5 rings (SSSR count). The van der Waals surface area contributed by atoms with Gasteiger partial charge < -0.3 is 29.3 Å². The minimum atomic E-state index is -4.87. The highest BCUT2D eigenvalue weighted by atomic mass is 32.1. The van der Waals surface area contributed by atoms with Crippen LogP contribution in [-0.4, -0.2) is 95.1 Å². The van der Waals surface area contributed by atoms with Crippen LogP contribution in [0.1, 0.15) is 66.2 Å². The lowest BCUT2D eigenvalue weighted by atomic mass is 9.79. The standard InChI is InChI=1S/C36H40F6N4O6S/c1-2-7-30-34(52-25-20-31(53-23-25)36(40,41)42,12-6-14-46(30)32(49)26-21-43-13-11-27(26)35(37,38)39)33(50)45-17-15-44(16-18-45)28-9-3-4-10-29(28)51-19-5-8-24(48)22-47/h3-4,9-11,13,20-21,23,30,47H,2,5-8,12,14-19,22H2,1H3/t30-,34+/m1/s1. The number of likely N-dealkylation sites (tertiary alicyclic amines) is 1. The summed E-state index contributed by atoms with van der Waals surface area (Å²) in [6, 6.07) is 7.60. The maximum atomic E-state index is 14.8. The van der Waals surface area contributed by atoms with Gasteiger partial charge in [-0.1, -0.05) is 25.5 Å². The Morgan fingerprint density at radius 1 is 1.02 bits per heavy atom. The number of hydrogen-bond donors (Lipinski definition) is 1. The Bertz CT molecular complexity index is 1750. The number of alkyl halides is 6. The summed E-state index contributed by atoms with van der Waals surface area (Å²) in [7, 11) is 0. The van der Waals surface area contributed by atoms with Gasteiger partial charge in [0.2, 0.25) is 5.60 Å². The molecule has 2 amide bonds. The molecule has 10 nitrogen and oxygen atoms in total. The van der Waals surface area contributed by atoms with Crippen LogP contribution < -0.4 is 14.4 Å². The third-order valence-corrected chi connectivity index (χ3v) is 10.3. The number of carbonyl (C=O) groups excluding carboxylic acids is 3. The second kappa shape index (κ2) is 16.7. The Morgan fingerprint density at radius 3 is 2.42 bits per heavy atom. The predicted molar refractivity (Wildman–Crippen MR) is 183 cm³/mol. The lowest BCUT2D eigenvalue weighted by Crippen LogP contribution is -2.69. The Labute approximate surface area is 306 Å². The van der Waals surface area contributed by atoms with Gasteiger partial charge in [-0.25, -0.2) is 0 Å². The molecule has 2 atom stereocenters. The average Bonchev–Trinajstić information content (AvgIpc) is 3.62. The average molecular weight is 771 g/mol. The van der Waals surface area contributed by atoms with Crippen molar-refractivity contribution in [2.75, 3.05) is 50.8 Å². The number of aliphatic hydroxyl groups excluding tert-OH is 1. The van der Waals surface area contributed by atoms with Crippen molar-refractivity contribution in [3.8, 4) is 11.5 Å². The van der Waals surface area contributed by atoms with Crippen LogP contribution >= 0.6 is 11.3 Å². The van der Waals surface area contributed by atoms with Gasteiger partial charge in [0.25, 0.3) is 11.8 Å². The van der Waals surface area contributed by atoms with E-state index in [1.807, 2.05) is 17.0 Å². The van der Waals surface area contributed by atoms with Crippen LogP contribution in [0.3, 0.4) is 0 Å². The van der Waals surface area contributed by atoms with Crippen molar-refractivity contribution < 1.29 is 55.3 Å². The molecule has 0 radical (unpaired) electrons. The number of pyridine rings is 1. The molecule has 0 aliphatic carbocycles. The molecule has 0 spiro atoms. The number of nitrogens with zero attached hydrogens (tertiary/aromatic N) is 4. The summed E-state index contributed by atoms with van der Waals surface area (Å²) in [5.74, 6) is -1.55. The zero-order valence-electron chi connectivity index (χ0n) is 28.9. The first-order valence-corrected chi connectivity index (χ1v) is 18.1. The fraction of sp³-hybridized carbons (Fsp3) is 0.500. The van der Waals surface area contributed by atoms with E-state index < -0.39 is 58.4 Å². The topological polar surface area (TPSA) is 113 Å². The Kier molecular flexibility index (Phi) is 12.6. The smallest absolute Gasteiger partial charge is 0.425 e. The van der Waals surface area contributed by atoms with Crippen LogP contribution in [0.25, 0.3) is 0 Å². The molecule has 2 aromatic heterocycles. The number of aromatic nitrogens is 1. The number of rotatable bonds is 13. The molecule has 2 aliphatic heterocycles. The van der Waals surface area contributed by atoms with Gasteiger partial charge in [0.1, 0.15) is 23.0 Å². The SMILES string of the molecule is CCC[C@H]1N(C(=O)c2cnccc2C(F)(F)F)CCC[C@@]1(Oc1csc(C(F)(F)F)c1)C(=O)N1CCN(c2ccccc2OCCCC(=O)CO)CC1. The Morgan fingerprint density at radius 2 is 1.75 bits per heavy atom. The van der Waals surface area contributed by atoms with Crippen molar-refractivity contribution in [1.29, 1.82) is 0 Å². The van der Waals surface area contributed by atoms with Crippen LogP contribution in [0.5, 0.6) is 11.5 Å². The molecule has 2 saturated heterocycles. The second-order valence-corrected chi connectivity index (χ2v) is 13.8. The van der Waals surface area contributed by atoms with Crippen molar-refractivity contribution in [2.24, 2.45) is 0 Å². The molecule has 0 bridgehead atoms. The van der Waals surface area contributed by atoms with E-state index in [4.69, 9.17) is 14.6 Å². The number of halogens is 6. The van der Waals surface area contributed by atoms with E-state index in [1.165, 1.54) is 9.80 Å². The number of para-hydroxylation sites is 2. The number of piperazine rings is 1. The van der Waals surface area contributed by atoms with E-state index in [-0.39, 0.29) is 63.5 Å². The summed E-state index contributed by atoms with van der Waals surface area (Å²) < 4.78 is 95.3. The van der Waals surface area contributed by atoms with Crippen molar-refractivity contribution in [2.45, 2.75) is 69.4 Å². The molecule has 0 unspecified atom stereocenters. The maximum absolute atomic E-state index is 14.8. The summed E-state index contributed by atoms with van der Waals surface area (Å²) in [6.07, 6.45) is -6.59. The quantitative estimate of drug-likeness (QED) is 0.156. The number of Topliss-reactive ketones (excluding diaryl/α,β-unsaturated/α-hetero) is 1. The molecule has 1 aromatic carbocycles. The molecule has 4 heterocycles. The molecule has 1 N–H and O–H groups in total. The van der Waals surface area contributed by atoms with E-state index in [1.54, 1.807) is 19.1 Å². The number of piperidine rings is 1. The minimum Gasteiger partial charge on any atom is -0.491 e. The highest BCUT2D eigenvalue weighted by Gasteiger charge is 2.56. The molecule has 17 heteroatoms. The lowest BCUT2D eigenvalue weighted by Gasteiger charge is -2.50. The summed E-state index contributed by atoms with van der Waals surface area (Å²) in [5.41, 5.74) is -3.06. The van der Waals surface area contributed by atoms with E-state index >= 15 is 0 Å². The molecule has 2 fully saturated rings. The van der Waals surface area contributed by atoms with Crippen LogP contribution in [-0.2, 0) is 21.9 Å². The van der Waals surface area contributed by atoms with Crippen molar-refractivity contribution in [1.82, 2.24) is 14.8 Å². The molecule has 2 aliphatic rings. The van der Waals surface area contributed by atoms with Gasteiger partial charge >= 0.3 is 12.4 Å². The number of ether oxygens (including phenoxy) is 2. The van der Waals surface area contributed by atoms with Crippen molar-refractivity contribution in [3.63, 3.8) is 0 Å². The summed E-state index contributed by atoms with van der Waals surface area (Å²) in [6.45, 7) is 2.43. The first-order chi connectivity index (χ1) is 25.2. The number of aliphatic hydroxyl groups is 1. The van der Waals surface area contributed by atoms with E-state index in [2.05, 4.69) is 4.98 Å². The number of thiophene rings is 1. The summed E-state index contributed by atoms with van der Waals surface area (Å²) >= 11 is 0.388. The van der Waals surface area contributed by atoms with Crippen LogP contribution in [0.2, 0.25) is 0 Å². The molecule has 0 saturated carbocycles. The summed E-state index contributed by atoms with van der Waals surface area (Å²) in [5, 5.41) is 10.1.